The quantitative estimate of drug-likeness (QED) is 0.0566. The van der Waals surface area contributed by atoms with Gasteiger partial charge in [-0.3, -0.25) is 0 Å². The molecular weight excluding hydrogens is 978 g/mol. The van der Waals surface area contributed by atoms with Crippen LogP contribution in [-0.4, -0.2) is 229 Å². The molecule has 0 radical (unpaired) electrons. The Balaban J connectivity index is 5.91. The molecule has 65 heavy (non-hydrogen) atoms. The number of nitrogens with zero attached hydrogens (tertiary/aromatic N) is 2. The van der Waals surface area contributed by atoms with Crippen LogP contribution in [0.3, 0.4) is 0 Å². The van der Waals surface area contributed by atoms with Crippen molar-refractivity contribution in [2.45, 2.75) is 90.9 Å². The van der Waals surface area contributed by atoms with Crippen LogP contribution in [-0.2, 0) is 14.2 Å². The van der Waals surface area contributed by atoms with Crippen LogP contribution in [0, 0.1) is 0 Å². The summed E-state index contributed by atoms with van der Waals surface area (Å²) in [6.45, 7) is -14.5. The third-order valence-electron chi connectivity index (χ3n) is 9.31. The van der Waals surface area contributed by atoms with Crippen molar-refractivity contribution in [2.24, 2.45) is 0 Å². The molecule has 0 fully saturated rings. The van der Waals surface area contributed by atoms with E-state index in [0.717, 1.165) is 0 Å². The topological polar surface area (TPSA) is 92.8 Å². The van der Waals surface area contributed by atoms with Crippen molar-refractivity contribution in [2.75, 3.05) is 114 Å². The molecule has 0 aromatic rings. The second kappa shape index (κ2) is 22.6. The lowest BCUT2D eigenvalue weighted by atomic mass is 10.1. The Morgan fingerprint density at radius 1 is 0.415 bits per heavy atom. The maximum absolute atomic E-state index is 13.9. The van der Waals surface area contributed by atoms with E-state index in [2.05, 4.69) is 14.2 Å². The van der Waals surface area contributed by atoms with Gasteiger partial charge in [-0.05, 0) is 0 Å². The molecule has 0 aliphatic heterocycles. The average Bonchev–Trinajstić information content (AvgIpc) is 3.11. The van der Waals surface area contributed by atoms with E-state index in [-0.39, 0.29) is 31.1 Å². The van der Waals surface area contributed by atoms with Crippen LogP contribution < -0.4 is 4.90 Å². The third kappa shape index (κ3) is 16.3. The molecule has 0 heterocycles. The highest BCUT2D eigenvalue weighted by Gasteiger charge is 2.77. The van der Waals surface area contributed by atoms with E-state index in [1.165, 1.54) is 28.2 Å². The maximum atomic E-state index is 13.9. The van der Waals surface area contributed by atoms with E-state index in [0.29, 0.717) is 0 Å². The lowest BCUT2D eigenvalue weighted by Gasteiger charge is -2.36. The first-order valence-corrected chi connectivity index (χ1v) is 18.2. The van der Waals surface area contributed by atoms with Crippen molar-refractivity contribution in [1.29, 1.82) is 0 Å². The largest absolute Gasteiger partial charge is 0.385 e. The van der Waals surface area contributed by atoms with Crippen molar-refractivity contribution in [1.82, 2.24) is 0 Å². The number of quaternary nitrogens is 3. The molecule has 33 heteroatoms. The van der Waals surface area contributed by atoms with Crippen LogP contribution >= 0.6 is 0 Å². The standard InChI is InChI=1S/C32H47F24N3O6/c1-58(2,10-19(61)13-64-16-25(41,42)31(53,54)28(47,48)22(35)36)7-5-57(9-18(60)12-63-15-24(39,40)30(51,52)27(45,46)21(33)34)6-8-59(3,4)11-20(62)14-65-17-26(43,44)32(55,56)29(49,50)23(37)38/h18-23,60-62H,5-17H2,1-4H3/q+2/p+1. The SMILES string of the molecule is C[N+](C)(CC[NH+](CC[N+](C)(C)CC(O)COCC(F)(F)C(F)(F)C(F)(F)C(F)F)CC(O)COCC(F)(F)C(F)(F)C(F)(F)C(F)F)CC(O)COCC(F)(F)C(F)(F)C(F)(F)C(F)F. The van der Waals surface area contributed by atoms with E-state index in [4.69, 9.17) is 0 Å². The molecule has 4 N–H and O–H groups in total. The minimum Gasteiger partial charge on any atom is -0.385 e. The highest BCUT2D eigenvalue weighted by Crippen LogP contribution is 2.51. The summed E-state index contributed by atoms with van der Waals surface area (Å²) in [6, 6.07) is 0. The molecule has 392 valence electrons. The zero-order valence-electron chi connectivity index (χ0n) is 34.2. The number of rotatable bonds is 33. The molecule has 0 bridgehead atoms. The first-order valence-electron chi connectivity index (χ1n) is 18.2. The molecule has 0 rings (SSSR count). The molecular formula is C32H48F24N3O6+3. The summed E-state index contributed by atoms with van der Waals surface area (Å²) in [4.78, 5) is 0.111. The molecule has 0 aromatic heterocycles. The van der Waals surface area contributed by atoms with E-state index in [1.807, 2.05) is 0 Å². The highest BCUT2D eigenvalue weighted by atomic mass is 19.4. The van der Waals surface area contributed by atoms with Crippen LogP contribution in [0.25, 0.3) is 0 Å². The predicted octanol–water partition coefficient (Wildman–Crippen LogP) is 4.67. The van der Waals surface area contributed by atoms with Gasteiger partial charge >= 0.3 is 72.6 Å². The summed E-state index contributed by atoms with van der Waals surface area (Å²) in [7, 11) is 5.14. The zero-order valence-corrected chi connectivity index (χ0v) is 34.2. The van der Waals surface area contributed by atoms with E-state index in [1.54, 1.807) is 0 Å². The second-order valence-electron chi connectivity index (χ2n) is 16.3. The first-order chi connectivity index (χ1) is 28.7. The normalized spacial score (nSPS) is 17.1. The van der Waals surface area contributed by atoms with Gasteiger partial charge in [-0.15, -0.1) is 0 Å². The Morgan fingerprint density at radius 2 is 0.646 bits per heavy atom. The van der Waals surface area contributed by atoms with Gasteiger partial charge in [-0.25, -0.2) is 26.3 Å². The van der Waals surface area contributed by atoms with Crippen molar-refractivity contribution in [3.05, 3.63) is 0 Å². The lowest BCUT2D eigenvalue weighted by molar-refractivity contribution is -0.976. The fourth-order valence-electron chi connectivity index (χ4n) is 5.46. The van der Waals surface area contributed by atoms with Gasteiger partial charge in [0.15, 0.2) is 0 Å². The van der Waals surface area contributed by atoms with Gasteiger partial charge in [-0.1, -0.05) is 0 Å². The van der Waals surface area contributed by atoms with Crippen molar-refractivity contribution >= 4 is 0 Å². The smallest absolute Gasteiger partial charge is 0.380 e. The number of nitrogens with one attached hydrogen (secondary N) is 1. The second-order valence-corrected chi connectivity index (χ2v) is 16.3. The van der Waals surface area contributed by atoms with Gasteiger partial charge in [0.2, 0.25) is 0 Å². The third-order valence-corrected chi connectivity index (χ3v) is 9.31. The number of ether oxygens (including phenoxy) is 3. The highest BCUT2D eigenvalue weighted by molar-refractivity contribution is 4.99. The molecule has 0 amide bonds. The van der Waals surface area contributed by atoms with E-state index >= 15 is 0 Å². The van der Waals surface area contributed by atoms with Crippen molar-refractivity contribution < 1.29 is 149 Å². The molecule has 3 atom stereocenters. The first kappa shape index (κ1) is 63.0. The summed E-state index contributed by atoms with van der Waals surface area (Å²) in [5.74, 6) is -57.2. The Hall–Kier alpha value is -2.04. The van der Waals surface area contributed by atoms with Gasteiger partial charge in [0.05, 0.1) is 48.0 Å². The van der Waals surface area contributed by atoms with Crippen LogP contribution in [0.1, 0.15) is 0 Å². The number of hydrogen-bond acceptors (Lipinski definition) is 6. The number of hydrogen-bond donors (Lipinski definition) is 4. The van der Waals surface area contributed by atoms with Gasteiger partial charge in [0, 0.05) is 0 Å². The number of aliphatic hydroxyl groups is 3. The fraction of sp³-hybridized carbons (Fsp3) is 1.00. The number of halogens is 24. The molecule has 0 spiro atoms. The molecule has 0 aliphatic rings. The molecule has 9 nitrogen and oxygen atoms in total. The van der Waals surface area contributed by atoms with Crippen LogP contribution in [0.2, 0.25) is 0 Å². The van der Waals surface area contributed by atoms with Gasteiger partial charge in [-0.2, -0.15) is 79.0 Å². The zero-order chi connectivity index (χ0) is 51.9. The number of likely N-dealkylation sites (N-methyl/N-ethyl adjacent to an activating group) is 2. The van der Waals surface area contributed by atoms with Crippen LogP contribution in [0.4, 0.5) is 105 Å². The summed E-state index contributed by atoms with van der Waals surface area (Å²) in [5, 5.41) is 31.0. The summed E-state index contributed by atoms with van der Waals surface area (Å²) >= 11 is 0. The summed E-state index contributed by atoms with van der Waals surface area (Å²) in [5.41, 5.74) is 0. The van der Waals surface area contributed by atoms with Crippen molar-refractivity contribution in [3.8, 4) is 0 Å². The van der Waals surface area contributed by atoms with Gasteiger partial charge in [0.1, 0.15) is 83.9 Å². The van der Waals surface area contributed by atoms with Crippen molar-refractivity contribution in [3.63, 3.8) is 0 Å². The predicted molar refractivity (Wildman–Crippen MR) is 172 cm³/mol. The van der Waals surface area contributed by atoms with Crippen LogP contribution in [0.15, 0.2) is 0 Å². The van der Waals surface area contributed by atoms with E-state index < -0.39 is 159 Å². The maximum Gasteiger partial charge on any atom is 0.380 e. The molecule has 0 aromatic carbocycles. The number of aliphatic hydroxyl groups excluding tert-OH is 3. The monoisotopic (exact) mass is 1030 g/mol. The Bertz CT molecular complexity index is 1350. The molecule has 0 saturated heterocycles. The Labute approximate surface area is 353 Å². The minimum absolute atomic E-state index is 0.111. The van der Waals surface area contributed by atoms with Gasteiger partial charge in [0.25, 0.3) is 0 Å². The fourth-order valence-corrected chi connectivity index (χ4v) is 5.46. The number of alkyl halides is 24. The van der Waals surface area contributed by atoms with Gasteiger partial charge < -0.3 is 43.4 Å². The molecule has 3 unspecified atom stereocenters. The molecule has 0 saturated carbocycles. The minimum atomic E-state index is -6.67. The Kier molecular flexibility index (Phi) is 21.9. The average molecular weight is 1030 g/mol. The lowest BCUT2D eigenvalue weighted by Crippen LogP contribution is -3.14. The van der Waals surface area contributed by atoms with E-state index in [9.17, 15) is 121 Å². The Morgan fingerprint density at radius 3 is 0.877 bits per heavy atom. The molecule has 0 aliphatic carbocycles. The summed E-state index contributed by atoms with van der Waals surface area (Å²) < 4.78 is 329. The van der Waals surface area contributed by atoms with Crippen LogP contribution in [0.5, 0.6) is 0 Å². The summed E-state index contributed by atoms with van der Waals surface area (Å²) in [6.07, 6.45) is -21.5.